The number of hydrogen-bond donors (Lipinski definition) is 1. The monoisotopic (exact) mass is 364 g/mol. The predicted octanol–water partition coefficient (Wildman–Crippen LogP) is 1.51. The molecule has 0 radical (unpaired) electrons. The first-order valence-electron chi connectivity index (χ1n) is 7.46. The van der Waals surface area contributed by atoms with E-state index in [0.29, 0.717) is 23.9 Å². The lowest BCUT2D eigenvalue weighted by atomic mass is 10.1. The summed E-state index contributed by atoms with van der Waals surface area (Å²) in [5.41, 5.74) is 0. The number of methoxy groups -OCH3 is 1. The number of benzene rings is 1. The smallest absolute Gasteiger partial charge is 0.243 e. The lowest BCUT2D eigenvalue weighted by Crippen LogP contribution is -2.43. The second-order valence-corrected chi connectivity index (χ2v) is 7.31. The predicted molar refractivity (Wildman–Crippen MR) is 91.9 cm³/mol. The normalized spacial score (nSPS) is 16.1. The summed E-state index contributed by atoms with van der Waals surface area (Å²) >= 11 is 0. The van der Waals surface area contributed by atoms with Crippen molar-refractivity contribution in [2.75, 3.05) is 40.5 Å². The fourth-order valence-corrected chi connectivity index (χ4v) is 3.90. The maximum atomic E-state index is 12.6. The Morgan fingerprint density at radius 1 is 1.17 bits per heavy atom. The van der Waals surface area contributed by atoms with Crippen LogP contribution in [0.2, 0.25) is 0 Å². The molecule has 0 bridgehead atoms. The van der Waals surface area contributed by atoms with E-state index >= 15 is 0 Å². The lowest BCUT2D eigenvalue weighted by Gasteiger charge is -2.30. The first kappa shape index (κ1) is 20.2. The molecular formula is C15H25ClN2O4S. The second kappa shape index (κ2) is 9.44. The van der Waals surface area contributed by atoms with Gasteiger partial charge < -0.3 is 14.8 Å². The lowest BCUT2D eigenvalue weighted by molar-refractivity contribution is 0.146. The minimum atomic E-state index is -3.46. The standard InChI is InChI=1S/C15H24N2O4S.ClH/c1-17(13-7-9-16-10-8-13)22(18,19)15-5-3-14(4-6-15)21-12-11-20-2;/h3-6,13,16H,7-12H2,1-2H3;1H. The number of nitrogens with one attached hydrogen (secondary N) is 1. The number of ether oxygens (including phenoxy) is 2. The Labute approximate surface area is 144 Å². The molecule has 0 saturated carbocycles. The fourth-order valence-electron chi connectivity index (χ4n) is 2.48. The van der Waals surface area contributed by atoms with Gasteiger partial charge >= 0.3 is 0 Å². The molecule has 1 N–H and O–H groups in total. The fraction of sp³-hybridized carbons (Fsp3) is 0.600. The van der Waals surface area contributed by atoms with E-state index in [9.17, 15) is 8.42 Å². The quantitative estimate of drug-likeness (QED) is 0.743. The maximum absolute atomic E-state index is 12.6. The van der Waals surface area contributed by atoms with E-state index in [2.05, 4.69) is 5.32 Å². The number of hydrogen-bond acceptors (Lipinski definition) is 5. The van der Waals surface area contributed by atoms with Crippen LogP contribution in [0.5, 0.6) is 5.75 Å². The molecule has 1 aromatic carbocycles. The minimum Gasteiger partial charge on any atom is -0.491 e. The molecule has 6 nitrogen and oxygen atoms in total. The van der Waals surface area contributed by atoms with E-state index in [0.717, 1.165) is 25.9 Å². The molecule has 8 heteroatoms. The van der Waals surface area contributed by atoms with Crippen molar-refractivity contribution in [2.45, 2.75) is 23.8 Å². The van der Waals surface area contributed by atoms with E-state index in [4.69, 9.17) is 9.47 Å². The molecule has 0 spiro atoms. The van der Waals surface area contributed by atoms with Crippen molar-refractivity contribution in [1.29, 1.82) is 0 Å². The molecule has 0 atom stereocenters. The van der Waals surface area contributed by atoms with Gasteiger partial charge in [0.25, 0.3) is 0 Å². The van der Waals surface area contributed by atoms with E-state index in [1.807, 2.05) is 0 Å². The maximum Gasteiger partial charge on any atom is 0.243 e. The highest BCUT2D eigenvalue weighted by Crippen LogP contribution is 2.22. The van der Waals surface area contributed by atoms with Gasteiger partial charge in [-0.25, -0.2) is 8.42 Å². The molecule has 23 heavy (non-hydrogen) atoms. The summed E-state index contributed by atoms with van der Waals surface area (Å²) in [5.74, 6) is 0.639. The van der Waals surface area contributed by atoms with Gasteiger partial charge in [-0.1, -0.05) is 0 Å². The number of sulfonamides is 1. The Hall–Kier alpha value is -0.860. The third kappa shape index (κ3) is 5.32. The van der Waals surface area contributed by atoms with Crippen LogP contribution in [0.25, 0.3) is 0 Å². The summed E-state index contributed by atoms with van der Waals surface area (Å²) < 4.78 is 37.1. The zero-order chi connectivity index (χ0) is 16.0. The topological polar surface area (TPSA) is 67.9 Å². The Morgan fingerprint density at radius 2 is 1.78 bits per heavy atom. The van der Waals surface area contributed by atoms with Crippen molar-refractivity contribution in [3.05, 3.63) is 24.3 Å². The average Bonchev–Trinajstić information content (AvgIpc) is 2.55. The van der Waals surface area contributed by atoms with Gasteiger partial charge in [-0.15, -0.1) is 12.4 Å². The zero-order valence-electron chi connectivity index (χ0n) is 13.5. The molecule has 0 aromatic heterocycles. The van der Waals surface area contributed by atoms with Gasteiger partial charge in [0.05, 0.1) is 11.5 Å². The number of rotatable bonds is 7. The number of nitrogens with zero attached hydrogens (tertiary/aromatic N) is 1. The summed E-state index contributed by atoms with van der Waals surface area (Å²) in [7, 11) is -0.187. The van der Waals surface area contributed by atoms with Crippen LogP contribution in [0.4, 0.5) is 0 Å². The van der Waals surface area contributed by atoms with Crippen molar-refractivity contribution >= 4 is 22.4 Å². The van der Waals surface area contributed by atoms with Crippen molar-refractivity contribution in [3.8, 4) is 5.75 Å². The molecule has 0 unspecified atom stereocenters. The summed E-state index contributed by atoms with van der Waals surface area (Å²) in [4.78, 5) is 0.299. The van der Waals surface area contributed by atoms with Gasteiger partial charge in [-0.2, -0.15) is 4.31 Å². The SMILES string of the molecule is COCCOc1ccc(S(=O)(=O)N(C)C2CCNCC2)cc1.Cl. The highest BCUT2D eigenvalue weighted by atomic mass is 35.5. The highest BCUT2D eigenvalue weighted by molar-refractivity contribution is 7.89. The molecule has 0 aliphatic carbocycles. The van der Waals surface area contributed by atoms with Gasteiger partial charge in [-0.3, -0.25) is 0 Å². The molecule has 1 aliphatic heterocycles. The van der Waals surface area contributed by atoms with Crippen LogP contribution in [-0.4, -0.2) is 59.2 Å². The second-order valence-electron chi connectivity index (χ2n) is 5.32. The summed E-state index contributed by atoms with van der Waals surface area (Å²) in [5, 5.41) is 3.24. The molecule has 1 heterocycles. The van der Waals surface area contributed by atoms with Crippen molar-refractivity contribution in [3.63, 3.8) is 0 Å². The zero-order valence-corrected chi connectivity index (χ0v) is 15.2. The van der Waals surface area contributed by atoms with Gasteiger partial charge in [0.1, 0.15) is 12.4 Å². The van der Waals surface area contributed by atoms with Crippen LogP contribution in [0.15, 0.2) is 29.2 Å². The third-order valence-electron chi connectivity index (χ3n) is 3.88. The van der Waals surface area contributed by atoms with Crippen molar-refractivity contribution < 1.29 is 17.9 Å². The van der Waals surface area contributed by atoms with Gasteiger partial charge in [0.2, 0.25) is 10.0 Å². The van der Waals surface area contributed by atoms with E-state index in [1.54, 1.807) is 38.4 Å². The number of halogens is 1. The van der Waals surface area contributed by atoms with Crippen LogP contribution >= 0.6 is 12.4 Å². The van der Waals surface area contributed by atoms with Gasteiger partial charge in [0.15, 0.2) is 0 Å². The van der Waals surface area contributed by atoms with Crippen LogP contribution in [0.3, 0.4) is 0 Å². The van der Waals surface area contributed by atoms with Crippen molar-refractivity contribution in [2.24, 2.45) is 0 Å². The molecule has 1 fully saturated rings. The van der Waals surface area contributed by atoms with E-state index in [1.165, 1.54) is 4.31 Å². The summed E-state index contributed by atoms with van der Waals surface area (Å²) in [6.07, 6.45) is 1.68. The first-order valence-corrected chi connectivity index (χ1v) is 8.90. The van der Waals surface area contributed by atoms with Gasteiger partial charge in [0, 0.05) is 20.2 Å². The van der Waals surface area contributed by atoms with Crippen LogP contribution in [0.1, 0.15) is 12.8 Å². The average molecular weight is 365 g/mol. The first-order chi connectivity index (χ1) is 10.6. The van der Waals surface area contributed by atoms with Crippen LogP contribution in [-0.2, 0) is 14.8 Å². The summed E-state index contributed by atoms with van der Waals surface area (Å²) in [6, 6.07) is 6.60. The third-order valence-corrected chi connectivity index (χ3v) is 5.80. The van der Waals surface area contributed by atoms with Crippen LogP contribution in [0, 0.1) is 0 Å². The Kier molecular flexibility index (Phi) is 8.28. The Bertz CT molecular complexity index is 559. The van der Waals surface area contributed by atoms with Crippen LogP contribution < -0.4 is 10.1 Å². The molecule has 0 amide bonds. The number of piperidine rings is 1. The molecule has 1 aliphatic rings. The van der Waals surface area contributed by atoms with Crippen molar-refractivity contribution in [1.82, 2.24) is 9.62 Å². The molecule has 132 valence electrons. The summed E-state index contributed by atoms with van der Waals surface area (Å²) in [6.45, 7) is 2.66. The minimum absolute atomic E-state index is 0. The highest BCUT2D eigenvalue weighted by Gasteiger charge is 2.28. The molecular weight excluding hydrogens is 340 g/mol. The molecule has 2 rings (SSSR count). The van der Waals surface area contributed by atoms with E-state index < -0.39 is 10.0 Å². The molecule has 1 aromatic rings. The Morgan fingerprint density at radius 3 is 2.35 bits per heavy atom. The van der Waals surface area contributed by atoms with Gasteiger partial charge in [-0.05, 0) is 50.2 Å². The van der Waals surface area contributed by atoms with E-state index in [-0.39, 0.29) is 18.4 Å². The largest absolute Gasteiger partial charge is 0.491 e. The Balaban J connectivity index is 0.00000264. The molecule has 1 saturated heterocycles.